The Morgan fingerprint density at radius 3 is 2.60 bits per heavy atom. The summed E-state index contributed by atoms with van der Waals surface area (Å²) in [6.07, 6.45) is 0. The van der Waals surface area contributed by atoms with Crippen molar-refractivity contribution in [2.45, 2.75) is 13.1 Å². The van der Waals surface area contributed by atoms with Crippen LogP contribution in [0.1, 0.15) is 16.2 Å². The van der Waals surface area contributed by atoms with Gasteiger partial charge in [0.15, 0.2) is 5.82 Å². The third kappa shape index (κ3) is 4.98. The van der Waals surface area contributed by atoms with Crippen LogP contribution in [0.15, 0.2) is 42.5 Å². The van der Waals surface area contributed by atoms with Crippen molar-refractivity contribution in [3.8, 4) is 11.4 Å². The van der Waals surface area contributed by atoms with Gasteiger partial charge < -0.3 is 10.2 Å². The summed E-state index contributed by atoms with van der Waals surface area (Å²) in [5.74, 6) is -1.98. The van der Waals surface area contributed by atoms with Gasteiger partial charge in [-0.3, -0.25) is 9.59 Å². The predicted octanol–water partition coefficient (Wildman–Crippen LogP) is 2.89. The summed E-state index contributed by atoms with van der Waals surface area (Å²) >= 11 is 5.70. The summed E-state index contributed by atoms with van der Waals surface area (Å²) in [5, 5.41) is 6.77. The van der Waals surface area contributed by atoms with Gasteiger partial charge in [0.25, 0.3) is 5.91 Å². The SMILES string of the molecule is CN(C)C(=O)c1nc(-c2ccc(Cl)c(F)c2)nn1CC(=O)NCc1cccc(F)c1. The van der Waals surface area contributed by atoms with Crippen molar-refractivity contribution in [3.05, 3.63) is 70.5 Å². The molecule has 0 saturated carbocycles. The van der Waals surface area contributed by atoms with Gasteiger partial charge in [0.1, 0.15) is 18.2 Å². The van der Waals surface area contributed by atoms with E-state index in [0.717, 1.165) is 10.7 Å². The maximum atomic E-state index is 13.8. The van der Waals surface area contributed by atoms with E-state index in [-0.39, 0.29) is 29.8 Å². The van der Waals surface area contributed by atoms with Crippen LogP contribution in [0.25, 0.3) is 11.4 Å². The minimum atomic E-state index is -0.654. The second-order valence-corrected chi connectivity index (χ2v) is 7.06. The van der Waals surface area contributed by atoms with E-state index in [1.54, 1.807) is 12.1 Å². The molecule has 0 saturated heterocycles. The van der Waals surface area contributed by atoms with Crippen LogP contribution in [0.2, 0.25) is 5.02 Å². The molecular formula is C20H18ClF2N5O2. The summed E-state index contributed by atoms with van der Waals surface area (Å²) < 4.78 is 28.2. The highest BCUT2D eigenvalue weighted by Gasteiger charge is 2.22. The molecular weight excluding hydrogens is 416 g/mol. The Hall–Kier alpha value is -3.33. The fourth-order valence-corrected chi connectivity index (χ4v) is 2.73. The second kappa shape index (κ2) is 9.00. The van der Waals surface area contributed by atoms with Crippen molar-refractivity contribution in [1.82, 2.24) is 25.0 Å². The normalized spacial score (nSPS) is 10.7. The van der Waals surface area contributed by atoms with Gasteiger partial charge in [0.2, 0.25) is 11.7 Å². The van der Waals surface area contributed by atoms with Crippen LogP contribution in [0, 0.1) is 11.6 Å². The van der Waals surface area contributed by atoms with Gasteiger partial charge in [-0.15, -0.1) is 5.10 Å². The zero-order valence-electron chi connectivity index (χ0n) is 16.2. The minimum absolute atomic E-state index is 0.0560. The largest absolute Gasteiger partial charge is 0.350 e. The number of carbonyl (C=O) groups excluding carboxylic acids is 2. The molecule has 0 radical (unpaired) electrons. The molecule has 0 spiro atoms. The number of nitrogens with zero attached hydrogens (tertiary/aromatic N) is 4. The standard InChI is InChI=1S/C20H18ClF2N5O2/c1-27(2)20(30)19-25-18(13-6-7-15(21)16(23)9-13)26-28(19)11-17(29)24-10-12-4-3-5-14(22)8-12/h3-9H,10-11H2,1-2H3,(H,24,29). The molecule has 0 fully saturated rings. The summed E-state index contributed by atoms with van der Waals surface area (Å²) in [6, 6.07) is 9.85. The summed E-state index contributed by atoms with van der Waals surface area (Å²) in [6.45, 7) is -0.190. The fraction of sp³-hybridized carbons (Fsp3) is 0.200. The van der Waals surface area contributed by atoms with Crippen LogP contribution in [0.5, 0.6) is 0 Å². The second-order valence-electron chi connectivity index (χ2n) is 6.65. The molecule has 30 heavy (non-hydrogen) atoms. The maximum Gasteiger partial charge on any atom is 0.290 e. The smallest absolute Gasteiger partial charge is 0.290 e. The number of nitrogens with one attached hydrogen (secondary N) is 1. The number of amides is 2. The average Bonchev–Trinajstić information content (AvgIpc) is 3.11. The third-order valence-electron chi connectivity index (χ3n) is 4.12. The highest BCUT2D eigenvalue weighted by Crippen LogP contribution is 2.22. The van der Waals surface area contributed by atoms with Crippen LogP contribution in [-0.2, 0) is 17.9 Å². The summed E-state index contributed by atoms with van der Waals surface area (Å²) in [7, 11) is 3.07. The highest BCUT2D eigenvalue weighted by atomic mass is 35.5. The van der Waals surface area contributed by atoms with E-state index in [1.807, 2.05) is 0 Å². The first-order valence-electron chi connectivity index (χ1n) is 8.87. The van der Waals surface area contributed by atoms with E-state index in [9.17, 15) is 18.4 Å². The number of aromatic nitrogens is 3. The molecule has 0 bridgehead atoms. The molecule has 10 heteroatoms. The Balaban J connectivity index is 1.82. The lowest BCUT2D eigenvalue weighted by molar-refractivity contribution is -0.122. The van der Waals surface area contributed by atoms with Gasteiger partial charge in [-0.25, -0.2) is 18.4 Å². The Morgan fingerprint density at radius 2 is 1.93 bits per heavy atom. The predicted molar refractivity (Wildman–Crippen MR) is 107 cm³/mol. The molecule has 0 aliphatic heterocycles. The Kier molecular flexibility index (Phi) is 6.41. The first kappa shape index (κ1) is 21.4. The van der Waals surface area contributed by atoms with Gasteiger partial charge in [-0.1, -0.05) is 23.7 Å². The zero-order chi connectivity index (χ0) is 21.8. The molecule has 0 atom stereocenters. The van der Waals surface area contributed by atoms with Crippen molar-refractivity contribution in [1.29, 1.82) is 0 Å². The molecule has 1 heterocycles. The van der Waals surface area contributed by atoms with Crippen LogP contribution in [0.4, 0.5) is 8.78 Å². The Morgan fingerprint density at radius 1 is 1.17 bits per heavy atom. The van der Waals surface area contributed by atoms with Gasteiger partial charge in [0.05, 0.1) is 5.02 Å². The van der Waals surface area contributed by atoms with E-state index >= 15 is 0 Å². The van der Waals surface area contributed by atoms with Gasteiger partial charge >= 0.3 is 0 Å². The van der Waals surface area contributed by atoms with Crippen molar-refractivity contribution >= 4 is 23.4 Å². The van der Waals surface area contributed by atoms with Gasteiger partial charge in [-0.2, -0.15) is 0 Å². The van der Waals surface area contributed by atoms with Crippen molar-refractivity contribution in [2.24, 2.45) is 0 Å². The lowest BCUT2D eigenvalue weighted by atomic mass is 10.2. The number of rotatable bonds is 6. The van der Waals surface area contributed by atoms with Crippen LogP contribution in [0.3, 0.4) is 0 Å². The molecule has 2 amide bonds. The Labute approximate surface area is 176 Å². The third-order valence-corrected chi connectivity index (χ3v) is 4.43. The van der Waals surface area contributed by atoms with Crippen molar-refractivity contribution in [2.75, 3.05) is 14.1 Å². The first-order valence-corrected chi connectivity index (χ1v) is 9.25. The monoisotopic (exact) mass is 433 g/mol. The maximum absolute atomic E-state index is 13.8. The fourth-order valence-electron chi connectivity index (χ4n) is 2.61. The zero-order valence-corrected chi connectivity index (χ0v) is 17.0. The lowest BCUT2D eigenvalue weighted by Crippen LogP contribution is -2.31. The molecule has 1 aromatic heterocycles. The Bertz CT molecular complexity index is 1100. The molecule has 0 unspecified atom stereocenters. The average molecular weight is 434 g/mol. The summed E-state index contributed by atoms with van der Waals surface area (Å²) in [5.41, 5.74) is 0.896. The van der Waals surface area contributed by atoms with Gasteiger partial charge in [0, 0.05) is 26.2 Å². The molecule has 156 valence electrons. The van der Waals surface area contributed by atoms with Crippen LogP contribution >= 0.6 is 11.6 Å². The van der Waals surface area contributed by atoms with Crippen molar-refractivity contribution in [3.63, 3.8) is 0 Å². The topological polar surface area (TPSA) is 80.1 Å². The number of halogens is 3. The van der Waals surface area contributed by atoms with E-state index in [4.69, 9.17) is 11.6 Å². The number of hydrogen-bond acceptors (Lipinski definition) is 4. The van der Waals surface area contributed by atoms with Crippen LogP contribution < -0.4 is 5.32 Å². The first-order chi connectivity index (χ1) is 14.2. The number of carbonyl (C=O) groups is 2. The lowest BCUT2D eigenvalue weighted by Gasteiger charge is -2.11. The molecule has 1 N–H and O–H groups in total. The van der Waals surface area contributed by atoms with Crippen molar-refractivity contribution < 1.29 is 18.4 Å². The minimum Gasteiger partial charge on any atom is -0.350 e. The van der Waals surface area contributed by atoms with Crippen LogP contribution in [-0.4, -0.2) is 45.6 Å². The number of benzene rings is 2. The van der Waals surface area contributed by atoms with E-state index in [0.29, 0.717) is 11.1 Å². The number of hydrogen-bond donors (Lipinski definition) is 1. The van der Waals surface area contributed by atoms with E-state index < -0.39 is 23.4 Å². The summed E-state index contributed by atoms with van der Waals surface area (Å²) in [4.78, 5) is 30.3. The van der Waals surface area contributed by atoms with Gasteiger partial charge in [-0.05, 0) is 35.9 Å². The quantitative estimate of drug-likeness (QED) is 0.648. The molecule has 2 aromatic carbocycles. The molecule has 0 aliphatic rings. The van der Waals surface area contributed by atoms with E-state index in [2.05, 4.69) is 15.4 Å². The highest BCUT2D eigenvalue weighted by molar-refractivity contribution is 6.30. The molecule has 7 nitrogen and oxygen atoms in total. The molecule has 3 aromatic rings. The van der Waals surface area contributed by atoms with E-state index in [1.165, 1.54) is 43.3 Å². The molecule has 3 rings (SSSR count). The molecule has 0 aliphatic carbocycles.